The number of benzene rings is 1. The lowest BCUT2D eigenvalue weighted by molar-refractivity contribution is 0.102. The van der Waals surface area contributed by atoms with Gasteiger partial charge < -0.3 is 15.8 Å². The second kappa shape index (κ2) is 6.74. The average molecular weight is 285 g/mol. The Morgan fingerprint density at radius 1 is 1.33 bits per heavy atom. The molecule has 0 saturated heterocycles. The molecule has 21 heavy (non-hydrogen) atoms. The van der Waals surface area contributed by atoms with E-state index in [4.69, 9.17) is 10.5 Å². The van der Waals surface area contributed by atoms with Crippen LogP contribution in [0.3, 0.4) is 0 Å². The summed E-state index contributed by atoms with van der Waals surface area (Å²) in [6, 6.07) is 12.2. The van der Waals surface area contributed by atoms with Crippen LogP contribution in [-0.4, -0.2) is 17.0 Å². The van der Waals surface area contributed by atoms with Crippen molar-refractivity contribution in [3.05, 3.63) is 48.2 Å². The van der Waals surface area contributed by atoms with Crippen LogP contribution in [-0.2, 0) is 0 Å². The van der Waals surface area contributed by atoms with Gasteiger partial charge in [-0.3, -0.25) is 4.79 Å². The molecule has 1 aromatic carbocycles. The summed E-state index contributed by atoms with van der Waals surface area (Å²) in [5, 5.41) is 2.78. The molecule has 1 heterocycles. The lowest BCUT2D eigenvalue weighted by atomic mass is 10.2. The Morgan fingerprint density at radius 2 is 2.10 bits per heavy atom. The molecule has 2 rings (SSSR count). The first-order valence-electron chi connectivity index (χ1n) is 6.89. The fourth-order valence-corrected chi connectivity index (χ4v) is 1.74. The minimum atomic E-state index is -0.303. The predicted molar refractivity (Wildman–Crippen MR) is 83.4 cm³/mol. The Kier molecular flexibility index (Phi) is 4.77. The molecule has 110 valence electrons. The zero-order chi connectivity index (χ0) is 15.2. The summed E-state index contributed by atoms with van der Waals surface area (Å²) in [7, 11) is 0. The molecule has 0 aliphatic carbocycles. The molecule has 0 aliphatic heterocycles. The van der Waals surface area contributed by atoms with E-state index in [-0.39, 0.29) is 17.7 Å². The highest BCUT2D eigenvalue weighted by Crippen LogP contribution is 2.19. The first kappa shape index (κ1) is 14.8. The van der Waals surface area contributed by atoms with Crippen molar-refractivity contribution in [1.82, 2.24) is 4.98 Å². The number of nitrogens with zero attached hydrogens (tertiary/aromatic N) is 1. The van der Waals surface area contributed by atoms with E-state index in [1.54, 1.807) is 30.3 Å². The first-order valence-corrected chi connectivity index (χ1v) is 6.89. The summed E-state index contributed by atoms with van der Waals surface area (Å²) in [5.74, 6) is 0.738. The van der Waals surface area contributed by atoms with Gasteiger partial charge in [0.05, 0.1) is 6.10 Å². The number of nitrogens with two attached hydrogens (primary N) is 1. The highest BCUT2D eigenvalue weighted by atomic mass is 16.5. The Hall–Kier alpha value is -2.56. The molecule has 1 atom stereocenters. The molecule has 0 aliphatic rings. The Labute approximate surface area is 124 Å². The van der Waals surface area contributed by atoms with Crippen molar-refractivity contribution in [2.45, 2.75) is 26.4 Å². The van der Waals surface area contributed by atoms with Gasteiger partial charge in [0, 0.05) is 11.8 Å². The van der Waals surface area contributed by atoms with Crippen molar-refractivity contribution in [2.24, 2.45) is 0 Å². The Balaban J connectivity index is 2.09. The molecule has 0 spiro atoms. The van der Waals surface area contributed by atoms with Crippen molar-refractivity contribution in [1.29, 1.82) is 0 Å². The standard InChI is InChI=1S/C16H19N3O2/c1-3-11(2)21-13-7-4-6-12(10-13)18-16(20)14-8-5-9-15(17)19-14/h4-11H,3H2,1-2H3,(H2,17,19)(H,18,20). The van der Waals surface area contributed by atoms with Gasteiger partial charge in [0.25, 0.3) is 5.91 Å². The average Bonchev–Trinajstić information content (AvgIpc) is 2.47. The quantitative estimate of drug-likeness (QED) is 0.885. The molecule has 1 unspecified atom stereocenters. The number of hydrogen-bond donors (Lipinski definition) is 2. The Morgan fingerprint density at radius 3 is 2.81 bits per heavy atom. The number of amides is 1. The number of nitrogens with one attached hydrogen (secondary N) is 1. The number of anilines is 2. The van der Waals surface area contributed by atoms with Gasteiger partial charge in [-0.05, 0) is 37.6 Å². The van der Waals surface area contributed by atoms with Gasteiger partial charge in [-0.15, -0.1) is 0 Å². The van der Waals surface area contributed by atoms with E-state index in [1.807, 2.05) is 19.1 Å². The summed E-state index contributed by atoms with van der Waals surface area (Å²) < 4.78 is 5.72. The summed E-state index contributed by atoms with van der Waals surface area (Å²) >= 11 is 0. The first-order chi connectivity index (χ1) is 10.1. The fourth-order valence-electron chi connectivity index (χ4n) is 1.74. The molecular weight excluding hydrogens is 266 g/mol. The molecule has 1 amide bonds. The van der Waals surface area contributed by atoms with E-state index in [2.05, 4.69) is 17.2 Å². The van der Waals surface area contributed by atoms with Crippen molar-refractivity contribution in [3.8, 4) is 5.75 Å². The number of rotatable bonds is 5. The fraction of sp³-hybridized carbons (Fsp3) is 0.250. The SMILES string of the molecule is CCC(C)Oc1cccc(NC(=O)c2cccc(N)n2)c1. The minimum Gasteiger partial charge on any atom is -0.491 e. The van der Waals surface area contributed by atoms with Gasteiger partial charge in [0.15, 0.2) is 0 Å². The molecule has 0 radical (unpaired) electrons. The zero-order valence-corrected chi connectivity index (χ0v) is 12.2. The van der Waals surface area contributed by atoms with Gasteiger partial charge in [0.1, 0.15) is 17.3 Å². The van der Waals surface area contributed by atoms with Crippen molar-refractivity contribution < 1.29 is 9.53 Å². The monoisotopic (exact) mass is 285 g/mol. The minimum absolute atomic E-state index is 0.131. The van der Waals surface area contributed by atoms with E-state index in [0.717, 1.165) is 12.2 Å². The third-order valence-electron chi connectivity index (χ3n) is 3.01. The zero-order valence-electron chi connectivity index (χ0n) is 12.2. The molecule has 0 fully saturated rings. The smallest absolute Gasteiger partial charge is 0.274 e. The maximum Gasteiger partial charge on any atom is 0.274 e. The molecule has 0 bridgehead atoms. The van der Waals surface area contributed by atoms with Gasteiger partial charge in [-0.25, -0.2) is 4.98 Å². The van der Waals surface area contributed by atoms with Crippen LogP contribution in [0.2, 0.25) is 0 Å². The molecule has 0 saturated carbocycles. The van der Waals surface area contributed by atoms with Gasteiger partial charge >= 0.3 is 0 Å². The summed E-state index contributed by atoms with van der Waals surface area (Å²) in [6.07, 6.45) is 1.05. The van der Waals surface area contributed by atoms with Gasteiger partial charge in [-0.1, -0.05) is 19.1 Å². The van der Waals surface area contributed by atoms with Crippen molar-refractivity contribution >= 4 is 17.4 Å². The van der Waals surface area contributed by atoms with Gasteiger partial charge in [0.2, 0.25) is 0 Å². The molecule has 2 aromatic rings. The molecule has 1 aromatic heterocycles. The van der Waals surface area contributed by atoms with E-state index in [1.165, 1.54) is 0 Å². The molecule has 5 nitrogen and oxygen atoms in total. The molecule has 3 N–H and O–H groups in total. The second-order valence-electron chi connectivity index (χ2n) is 4.77. The number of nitrogen functional groups attached to an aromatic ring is 1. The van der Waals surface area contributed by atoms with Crippen LogP contribution in [0.4, 0.5) is 11.5 Å². The predicted octanol–water partition coefficient (Wildman–Crippen LogP) is 3.09. The van der Waals surface area contributed by atoms with Crippen LogP contribution in [0.15, 0.2) is 42.5 Å². The second-order valence-corrected chi connectivity index (χ2v) is 4.77. The lowest BCUT2D eigenvalue weighted by Crippen LogP contribution is -2.14. The maximum absolute atomic E-state index is 12.1. The highest BCUT2D eigenvalue weighted by Gasteiger charge is 2.09. The van der Waals surface area contributed by atoms with Crippen LogP contribution in [0.25, 0.3) is 0 Å². The van der Waals surface area contributed by atoms with Crippen LogP contribution in [0.1, 0.15) is 30.8 Å². The van der Waals surface area contributed by atoms with E-state index in [9.17, 15) is 4.79 Å². The van der Waals surface area contributed by atoms with Crippen LogP contribution in [0.5, 0.6) is 5.75 Å². The normalized spacial score (nSPS) is 11.7. The van der Waals surface area contributed by atoms with E-state index in [0.29, 0.717) is 11.5 Å². The topological polar surface area (TPSA) is 77.2 Å². The number of aromatic nitrogens is 1. The molecular formula is C16H19N3O2. The summed E-state index contributed by atoms with van der Waals surface area (Å²) in [6.45, 7) is 4.06. The van der Waals surface area contributed by atoms with Crippen LogP contribution >= 0.6 is 0 Å². The lowest BCUT2D eigenvalue weighted by Gasteiger charge is -2.13. The number of carbonyl (C=O) groups is 1. The van der Waals surface area contributed by atoms with E-state index >= 15 is 0 Å². The number of pyridine rings is 1. The molecule has 5 heteroatoms. The van der Waals surface area contributed by atoms with E-state index < -0.39 is 0 Å². The third kappa shape index (κ3) is 4.21. The maximum atomic E-state index is 12.1. The van der Waals surface area contributed by atoms with Crippen LogP contribution < -0.4 is 15.8 Å². The number of hydrogen-bond acceptors (Lipinski definition) is 4. The van der Waals surface area contributed by atoms with Crippen LogP contribution in [0, 0.1) is 0 Å². The number of carbonyl (C=O) groups excluding carboxylic acids is 1. The van der Waals surface area contributed by atoms with Gasteiger partial charge in [-0.2, -0.15) is 0 Å². The number of ether oxygens (including phenoxy) is 1. The largest absolute Gasteiger partial charge is 0.491 e. The van der Waals surface area contributed by atoms with Crippen molar-refractivity contribution in [2.75, 3.05) is 11.1 Å². The Bertz CT molecular complexity index is 628. The summed E-state index contributed by atoms with van der Waals surface area (Å²) in [4.78, 5) is 16.1. The van der Waals surface area contributed by atoms with Crippen molar-refractivity contribution in [3.63, 3.8) is 0 Å². The summed E-state index contributed by atoms with van der Waals surface area (Å²) in [5.41, 5.74) is 6.51. The highest BCUT2D eigenvalue weighted by molar-refractivity contribution is 6.03. The third-order valence-corrected chi connectivity index (χ3v) is 3.01.